The third-order valence-corrected chi connectivity index (χ3v) is 4.93. The van der Waals surface area contributed by atoms with Crippen molar-refractivity contribution in [2.24, 2.45) is 7.05 Å². The lowest BCUT2D eigenvalue weighted by Gasteiger charge is -2.32. The number of hydrogen-bond donors (Lipinski definition) is 1. The van der Waals surface area contributed by atoms with Gasteiger partial charge < -0.3 is 10.2 Å². The monoisotopic (exact) mass is 375 g/mol. The Balaban J connectivity index is 1.67. The van der Waals surface area contributed by atoms with Crippen LogP contribution >= 0.6 is 0 Å². The molecule has 7 nitrogen and oxygen atoms in total. The molecule has 0 radical (unpaired) electrons. The fourth-order valence-corrected chi connectivity index (χ4v) is 3.53. The Labute approximate surface area is 157 Å². The van der Waals surface area contributed by atoms with Crippen molar-refractivity contribution in [3.8, 4) is 0 Å². The molecule has 1 aliphatic heterocycles. The molecule has 2 heterocycles. The highest BCUT2D eigenvalue weighted by Crippen LogP contribution is 2.26. The SMILES string of the molecule is CC(C)n1c(C2CCCN(C(=O)NCc3ccc(F)cc3)C2)nn(C)c1=O. The maximum Gasteiger partial charge on any atom is 0.345 e. The average Bonchev–Trinajstić information content (AvgIpc) is 2.96. The summed E-state index contributed by atoms with van der Waals surface area (Å²) in [5, 5.41) is 7.31. The zero-order valence-corrected chi connectivity index (χ0v) is 16.0. The number of nitrogens with zero attached hydrogens (tertiary/aromatic N) is 4. The van der Waals surface area contributed by atoms with Crippen LogP contribution in [0.25, 0.3) is 0 Å². The van der Waals surface area contributed by atoms with E-state index < -0.39 is 0 Å². The first-order valence-electron chi connectivity index (χ1n) is 9.29. The van der Waals surface area contributed by atoms with E-state index in [1.807, 2.05) is 13.8 Å². The molecule has 8 heteroatoms. The predicted octanol–water partition coefficient (Wildman–Crippen LogP) is 2.39. The van der Waals surface area contributed by atoms with Gasteiger partial charge in [0.25, 0.3) is 0 Å². The quantitative estimate of drug-likeness (QED) is 0.892. The van der Waals surface area contributed by atoms with Gasteiger partial charge in [-0.2, -0.15) is 5.10 Å². The molecule has 1 aliphatic rings. The Morgan fingerprint density at radius 3 is 2.70 bits per heavy atom. The van der Waals surface area contributed by atoms with Crippen LogP contribution < -0.4 is 11.0 Å². The highest BCUT2D eigenvalue weighted by atomic mass is 19.1. The van der Waals surface area contributed by atoms with E-state index in [0.29, 0.717) is 19.6 Å². The number of likely N-dealkylation sites (tertiary alicyclic amines) is 1. The summed E-state index contributed by atoms with van der Waals surface area (Å²) in [5.41, 5.74) is 0.717. The minimum atomic E-state index is -0.296. The van der Waals surface area contributed by atoms with Crippen LogP contribution in [0.15, 0.2) is 29.1 Å². The van der Waals surface area contributed by atoms with Crippen molar-refractivity contribution in [1.82, 2.24) is 24.6 Å². The highest BCUT2D eigenvalue weighted by Gasteiger charge is 2.29. The summed E-state index contributed by atoms with van der Waals surface area (Å²) >= 11 is 0. The van der Waals surface area contributed by atoms with Crippen molar-refractivity contribution < 1.29 is 9.18 Å². The van der Waals surface area contributed by atoms with Gasteiger partial charge in [0.05, 0.1) is 0 Å². The van der Waals surface area contributed by atoms with Crippen LogP contribution in [0.4, 0.5) is 9.18 Å². The fourth-order valence-electron chi connectivity index (χ4n) is 3.53. The van der Waals surface area contributed by atoms with Gasteiger partial charge in [-0.25, -0.2) is 18.7 Å². The number of aromatic nitrogens is 3. The normalized spacial score (nSPS) is 17.4. The molecule has 0 aliphatic carbocycles. The zero-order chi connectivity index (χ0) is 19.6. The van der Waals surface area contributed by atoms with E-state index >= 15 is 0 Å². The van der Waals surface area contributed by atoms with E-state index in [1.54, 1.807) is 28.6 Å². The van der Waals surface area contributed by atoms with Gasteiger partial charge in [-0.3, -0.25) is 4.57 Å². The summed E-state index contributed by atoms with van der Waals surface area (Å²) in [6, 6.07) is 5.94. The van der Waals surface area contributed by atoms with Crippen molar-refractivity contribution in [2.45, 2.75) is 45.2 Å². The largest absolute Gasteiger partial charge is 0.345 e. The number of carbonyl (C=O) groups excluding carboxylic acids is 1. The molecule has 3 rings (SSSR count). The first kappa shape index (κ1) is 19.1. The third kappa shape index (κ3) is 4.20. The van der Waals surface area contributed by atoms with Crippen molar-refractivity contribution in [3.05, 3.63) is 52.0 Å². The topological polar surface area (TPSA) is 72.2 Å². The van der Waals surface area contributed by atoms with Gasteiger partial charge in [-0.1, -0.05) is 12.1 Å². The molecule has 1 aromatic heterocycles. The summed E-state index contributed by atoms with van der Waals surface area (Å²) < 4.78 is 16.0. The molecule has 27 heavy (non-hydrogen) atoms. The number of urea groups is 1. The number of nitrogens with one attached hydrogen (secondary N) is 1. The molecule has 0 bridgehead atoms. The van der Waals surface area contributed by atoms with E-state index in [4.69, 9.17) is 0 Å². The fraction of sp³-hybridized carbons (Fsp3) is 0.526. The molecule has 0 saturated carbocycles. The molecule has 1 atom stereocenters. The number of aryl methyl sites for hydroxylation is 1. The Morgan fingerprint density at radius 2 is 2.04 bits per heavy atom. The van der Waals surface area contributed by atoms with Gasteiger partial charge >= 0.3 is 11.7 Å². The molecule has 146 valence electrons. The second-order valence-electron chi connectivity index (χ2n) is 7.30. The lowest BCUT2D eigenvalue weighted by molar-refractivity contribution is 0.177. The van der Waals surface area contributed by atoms with Crippen LogP contribution in [0.2, 0.25) is 0 Å². The van der Waals surface area contributed by atoms with Crippen molar-refractivity contribution in [2.75, 3.05) is 13.1 Å². The first-order valence-corrected chi connectivity index (χ1v) is 9.29. The molecule has 2 aromatic rings. The van der Waals surface area contributed by atoms with E-state index in [9.17, 15) is 14.0 Å². The molecule has 2 amide bonds. The average molecular weight is 375 g/mol. The molecule has 1 N–H and O–H groups in total. The van der Waals surface area contributed by atoms with E-state index in [2.05, 4.69) is 10.4 Å². The summed E-state index contributed by atoms with van der Waals surface area (Å²) in [6.07, 6.45) is 1.75. The smallest absolute Gasteiger partial charge is 0.334 e. The standard InChI is InChI=1S/C19H26FN5O2/c1-13(2)25-17(22-23(3)19(25)27)15-5-4-10-24(12-15)18(26)21-11-14-6-8-16(20)9-7-14/h6-9,13,15H,4-5,10-12H2,1-3H3,(H,21,26). The summed E-state index contributed by atoms with van der Waals surface area (Å²) in [5.74, 6) is 0.482. The van der Waals surface area contributed by atoms with Crippen molar-refractivity contribution >= 4 is 6.03 Å². The van der Waals surface area contributed by atoms with Crippen LogP contribution in [0.1, 0.15) is 50.0 Å². The highest BCUT2D eigenvalue weighted by molar-refractivity contribution is 5.74. The number of rotatable bonds is 4. The van der Waals surface area contributed by atoms with Crippen molar-refractivity contribution in [3.63, 3.8) is 0 Å². The second kappa shape index (κ2) is 7.94. The maximum absolute atomic E-state index is 13.0. The minimum absolute atomic E-state index is 0.0175. The summed E-state index contributed by atoms with van der Waals surface area (Å²) in [7, 11) is 1.65. The summed E-state index contributed by atoms with van der Waals surface area (Å²) in [4.78, 5) is 26.6. The molecular weight excluding hydrogens is 349 g/mol. The van der Waals surface area contributed by atoms with Gasteiger partial charge in [0, 0.05) is 38.6 Å². The Hall–Kier alpha value is -2.64. The lowest BCUT2D eigenvalue weighted by Crippen LogP contribution is -2.45. The summed E-state index contributed by atoms with van der Waals surface area (Å²) in [6.45, 7) is 5.47. The van der Waals surface area contributed by atoms with Gasteiger partial charge in [0.2, 0.25) is 0 Å². The van der Waals surface area contributed by atoms with Crippen LogP contribution in [0, 0.1) is 5.82 Å². The predicted molar refractivity (Wildman–Crippen MR) is 100 cm³/mol. The lowest BCUT2D eigenvalue weighted by atomic mass is 9.97. The van der Waals surface area contributed by atoms with E-state index in [1.165, 1.54) is 16.8 Å². The van der Waals surface area contributed by atoms with Crippen molar-refractivity contribution in [1.29, 1.82) is 0 Å². The number of amides is 2. The number of halogens is 1. The molecule has 1 fully saturated rings. The Kier molecular flexibility index (Phi) is 5.62. The third-order valence-electron chi connectivity index (χ3n) is 4.93. The molecule has 1 unspecified atom stereocenters. The van der Waals surface area contributed by atoms with Gasteiger partial charge in [0.15, 0.2) is 0 Å². The number of piperidine rings is 1. The zero-order valence-electron chi connectivity index (χ0n) is 16.0. The van der Waals surface area contributed by atoms with Crippen LogP contribution in [0.5, 0.6) is 0 Å². The van der Waals surface area contributed by atoms with Crippen LogP contribution in [-0.2, 0) is 13.6 Å². The first-order chi connectivity index (χ1) is 12.9. The van der Waals surface area contributed by atoms with Gasteiger partial charge in [-0.05, 0) is 44.4 Å². The van der Waals surface area contributed by atoms with Crippen LogP contribution in [0.3, 0.4) is 0 Å². The maximum atomic E-state index is 13.0. The van der Waals surface area contributed by atoms with Gasteiger partial charge in [-0.15, -0.1) is 0 Å². The molecule has 1 aromatic carbocycles. The molecule has 0 spiro atoms. The Morgan fingerprint density at radius 1 is 1.33 bits per heavy atom. The number of benzene rings is 1. The van der Waals surface area contributed by atoms with Gasteiger partial charge in [0.1, 0.15) is 11.6 Å². The minimum Gasteiger partial charge on any atom is -0.334 e. The van der Waals surface area contributed by atoms with E-state index in [-0.39, 0.29) is 29.5 Å². The number of carbonyl (C=O) groups is 1. The number of hydrogen-bond acceptors (Lipinski definition) is 3. The second-order valence-corrected chi connectivity index (χ2v) is 7.30. The Bertz CT molecular complexity index is 856. The molecule has 1 saturated heterocycles. The molecular formula is C19H26FN5O2. The van der Waals surface area contributed by atoms with Crippen LogP contribution in [-0.4, -0.2) is 38.4 Å². The van der Waals surface area contributed by atoms with E-state index in [0.717, 1.165) is 24.2 Å².